The lowest BCUT2D eigenvalue weighted by atomic mass is 9.79. The molecular weight excluding hydrogens is 276 g/mol. The number of ether oxygens (including phenoxy) is 2. The second-order valence-corrected chi connectivity index (χ2v) is 6.34. The van der Waals surface area contributed by atoms with Gasteiger partial charge in [0.05, 0.1) is 0 Å². The lowest BCUT2D eigenvalue weighted by Crippen LogP contribution is -2.29. The molecule has 3 rings (SSSR count). The van der Waals surface area contributed by atoms with Crippen LogP contribution in [0.3, 0.4) is 0 Å². The molecule has 0 bridgehead atoms. The standard InChI is InChI=1S/C16H21F2NO2/c1-10(2)11-4-3-5-12(8-11)19-13-6-7-14-15(9-13)21-16(17,18)20-14/h6-7,9-12,19H,3-5,8H2,1-2H3. The molecule has 0 radical (unpaired) electrons. The summed E-state index contributed by atoms with van der Waals surface area (Å²) < 4.78 is 34.9. The third kappa shape index (κ3) is 3.22. The summed E-state index contributed by atoms with van der Waals surface area (Å²) in [6, 6.07) is 5.28. The largest absolute Gasteiger partial charge is 0.586 e. The van der Waals surface area contributed by atoms with Gasteiger partial charge in [-0.05, 0) is 36.8 Å². The van der Waals surface area contributed by atoms with E-state index in [9.17, 15) is 8.78 Å². The summed E-state index contributed by atoms with van der Waals surface area (Å²) in [6.45, 7) is 4.52. The van der Waals surface area contributed by atoms with Crippen molar-refractivity contribution in [3.8, 4) is 11.5 Å². The van der Waals surface area contributed by atoms with Crippen LogP contribution in [0.25, 0.3) is 0 Å². The number of anilines is 1. The van der Waals surface area contributed by atoms with Crippen molar-refractivity contribution in [1.29, 1.82) is 0 Å². The fourth-order valence-corrected chi connectivity index (χ4v) is 3.24. The van der Waals surface area contributed by atoms with E-state index < -0.39 is 6.29 Å². The minimum Gasteiger partial charge on any atom is -0.395 e. The Kier molecular flexibility index (Phi) is 3.68. The van der Waals surface area contributed by atoms with Gasteiger partial charge in [0.15, 0.2) is 11.5 Å². The summed E-state index contributed by atoms with van der Waals surface area (Å²) in [5, 5.41) is 3.44. The number of nitrogens with one attached hydrogen (secondary N) is 1. The summed E-state index contributed by atoms with van der Waals surface area (Å²) in [5.41, 5.74) is 0.810. The molecule has 1 aliphatic heterocycles. The van der Waals surface area contributed by atoms with Gasteiger partial charge in [-0.15, -0.1) is 8.78 Å². The van der Waals surface area contributed by atoms with Crippen molar-refractivity contribution in [2.45, 2.75) is 51.9 Å². The molecule has 1 N–H and O–H groups in total. The Morgan fingerprint density at radius 1 is 1.19 bits per heavy atom. The van der Waals surface area contributed by atoms with Gasteiger partial charge in [0.2, 0.25) is 0 Å². The Morgan fingerprint density at radius 2 is 1.95 bits per heavy atom. The van der Waals surface area contributed by atoms with Crippen molar-refractivity contribution in [2.24, 2.45) is 11.8 Å². The van der Waals surface area contributed by atoms with Gasteiger partial charge in [-0.1, -0.05) is 26.7 Å². The van der Waals surface area contributed by atoms with E-state index in [1.807, 2.05) is 0 Å². The van der Waals surface area contributed by atoms with Crippen LogP contribution >= 0.6 is 0 Å². The highest BCUT2D eigenvalue weighted by atomic mass is 19.3. The maximum absolute atomic E-state index is 13.0. The predicted molar refractivity (Wildman–Crippen MR) is 76.9 cm³/mol. The van der Waals surface area contributed by atoms with E-state index in [0.717, 1.165) is 24.4 Å². The molecule has 1 aromatic rings. The minimum atomic E-state index is -3.55. The topological polar surface area (TPSA) is 30.5 Å². The maximum atomic E-state index is 13.0. The zero-order valence-corrected chi connectivity index (χ0v) is 12.4. The number of benzene rings is 1. The Hall–Kier alpha value is -1.52. The lowest BCUT2D eigenvalue weighted by molar-refractivity contribution is -0.286. The van der Waals surface area contributed by atoms with Crippen LogP contribution in [0.1, 0.15) is 39.5 Å². The van der Waals surface area contributed by atoms with E-state index >= 15 is 0 Å². The summed E-state index contributed by atoms with van der Waals surface area (Å²) >= 11 is 0. The second kappa shape index (κ2) is 5.35. The quantitative estimate of drug-likeness (QED) is 0.882. The Balaban J connectivity index is 1.66. The first-order valence-electron chi connectivity index (χ1n) is 7.59. The van der Waals surface area contributed by atoms with Crippen LogP contribution in [-0.4, -0.2) is 12.3 Å². The van der Waals surface area contributed by atoms with Gasteiger partial charge < -0.3 is 14.8 Å². The normalized spacial score (nSPS) is 26.9. The van der Waals surface area contributed by atoms with Gasteiger partial charge >= 0.3 is 6.29 Å². The molecular formula is C16H21F2NO2. The monoisotopic (exact) mass is 297 g/mol. The Morgan fingerprint density at radius 3 is 2.71 bits per heavy atom. The highest BCUT2D eigenvalue weighted by Crippen LogP contribution is 2.42. The van der Waals surface area contributed by atoms with Crippen molar-refractivity contribution < 1.29 is 18.3 Å². The van der Waals surface area contributed by atoms with Crippen LogP contribution in [0.4, 0.5) is 14.5 Å². The van der Waals surface area contributed by atoms with E-state index in [0.29, 0.717) is 12.0 Å². The fourth-order valence-electron chi connectivity index (χ4n) is 3.24. The molecule has 116 valence electrons. The number of fused-ring (bicyclic) bond motifs is 1. The van der Waals surface area contributed by atoms with Gasteiger partial charge in [0.25, 0.3) is 0 Å². The first-order valence-corrected chi connectivity index (χ1v) is 7.59. The average molecular weight is 297 g/mol. The van der Waals surface area contributed by atoms with Crippen LogP contribution in [0.5, 0.6) is 11.5 Å². The zero-order chi connectivity index (χ0) is 15.0. The van der Waals surface area contributed by atoms with E-state index in [4.69, 9.17) is 0 Å². The molecule has 1 aromatic carbocycles. The van der Waals surface area contributed by atoms with E-state index in [-0.39, 0.29) is 11.5 Å². The van der Waals surface area contributed by atoms with Gasteiger partial charge in [-0.25, -0.2) is 0 Å². The molecule has 5 heteroatoms. The maximum Gasteiger partial charge on any atom is 0.586 e. The summed E-state index contributed by atoms with van der Waals surface area (Å²) in [5.74, 6) is 1.61. The summed E-state index contributed by atoms with van der Waals surface area (Å²) in [6.07, 6.45) is 1.19. The molecule has 0 saturated heterocycles. The highest BCUT2D eigenvalue weighted by Gasteiger charge is 2.43. The van der Waals surface area contributed by atoms with Gasteiger partial charge in [-0.2, -0.15) is 0 Å². The van der Waals surface area contributed by atoms with Crippen LogP contribution < -0.4 is 14.8 Å². The van der Waals surface area contributed by atoms with Crippen LogP contribution in [0.2, 0.25) is 0 Å². The first-order chi connectivity index (χ1) is 9.93. The van der Waals surface area contributed by atoms with Crippen LogP contribution in [-0.2, 0) is 0 Å². The zero-order valence-electron chi connectivity index (χ0n) is 12.4. The van der Waals surface area contributed by atoms with Crippen LogP contribution in [0, 0.1) is 11.8 Å². The fraction of sp³-hybridized carbons (Fsp3) is 0.625. The molecule has 1 aliphatic carbocycles. The molecule has 2 aliphatic rings. The average Bonchev–Trinajstić information content (AvgIpc) is 2.72. The molecule has 1 fully saturated rings. The SMILES string of the molecule is CC(C)C1CCCC(Nc2ccc3c(c2)OC(F)(F)O3)C1. The van der Waals surface area contributed by atoms with E-state index in [1.54, 1.807) is 12.1 Å². The number of alkyl halides is 2. The molecule has 2 atom stereocenters. The number of halogens is 2. The van der Waals surface area contributed by atoms with Crippen molar-refractivity contribution in [3.05, 3.63) is 18.2 Å². The smallest absolute Gasteiger partial charge is 0.395 e. The predicted octanol–water partition coefficient (Wildman–Crippen LogP) is 4.63. The van der Waals surface area contributed by atoms with E-state index in [1.165, 1.54) is 18.9 Å². The highest BCUT2D eigenvalue weighted by molar-refractivity contribution is 5.56. The lowest BCUT2D eigenvalue weighted by Gasteiger charge is -2.32. The molecule has 0 aromatic heterocycles. The van der Waals surface area contributed by atoms with Gasteiger partial charge in [-0.3, -0.25) is 0 Å². The third-order valence-corrected chi connectivity index (χ3v) is 4.43. The summed E-state index contributed by atoms with van der Waals surface area (Å²) in [4.78, 5) is 0. The van der Waals surface area contributed by atoms with Gasteiger partial charge in [0.1, 0.15) is 0 Å². The van der Waals surface area contributed by atoms with Crippen molar-refractivity contribution >= 4 is 5.69 Å². The number of rotatable bonds is 3. The molecule has 2 unspecified atom stereocenters. The molecule has 3 nitrogen and oxygen atoms in total. The number of hydrogen-bond acceptors (Lipinski definition) is 3. The van der Waals surface area contributed by atoms with Crippen molar-refractivity contribution in [1.82, 2.24) is 0 Å². The second-order valence-electron chi connectivity index (χ2n) is 6.34. The molecule has 21 heavy (non-hydrogen) atoms. The Labute approximate surface area is 123 Å². The van der Waals surface area contributed by atoms with E-state index in [2.05, 4.69) is 28.6 Å². The number of hydrogen-bond donors (Lipinski definition) is 1. The molecule has 0 amide bonds. The van der Waals surface area contributed by atoms with Crippen LogP contribution in [0.15, 0.2) is 18.2 Å². The summed E-state index contributed by atoms with van der Waals surface area (Å²) in [7, 11) is 0. The third-order valence-electron chi connectivity index (χ3n) is 4.43. The molecule has 1 saturated carbocycles. The Bertz CT molecular complexity index is 519. The van der Waals surface area contributed by atoms with Gasteiger partial charge in [0, 0.05) is 17.8 Å². The minimum absolute atomic E-state index is 0.0919. The first kappa shape index (κ1) is 14.4. The molecule has 0 spiro atoms. The van der Waals surface area contributed by atoms with Crippen molar-refractivity contribution in [3.63, 3.8) is 0 Å². The van der Waals surface area contributed by atoms with Crippen molar-refractivity contribution in [2.75, 3.05) is 5.32 Å². The molecule has 1 heterocycles.